The van der Waals surface area contributed by atoms with Crippen molar-refractivity contribution in [2.75, 3.05) is 0 Å². The Morgan fingerprint density at radius 2 is 0.788 bits per heavy atom. The van der Waals surface area contributed by atoms with E-state index in [1.54, 1.807) is 6.92 Å². The molecule has 10 rings (SSSR count). The number of hydrogen-bond donors (Lipinski definition) is 0. The van der Waals surface area contributed by atoms with Crippen molar-refractivity contribution in [2.45, 2.75) is 86.0 Å². The van der Waals surface area contributed by atoms with E-state index in [2.05, 4.69) is 221 Å². The summed E-state index contributed by atoms with van der Waals surface area (Å²) in [7, 11) is 0. The van der Waals surface area contributed by atoms with Gasteiger partial charge in [-0.1, -0.05) is 145 Å². The molecule has 0 bridgehead atoms. The quantitative estimate of drug-likeness (QED) is 0.0946. The second kappa shape index (κ2) is 29.5. The first-order valence-electron chi connectivity index (χ1n) is 26.6. The van der Waals surface area contributed by atoms with E-state index >= 15 is 0 Å². The van der Waals surface area contributed by atoms with Gasteiger partial charge in [0.15, 0.2) is 22.7 Å². The van der Waals surface area contributed by atoms with Crippen LogP contribution in [0.2, 0.25) is 0 Å². The smallest absolute Gasteiger partial charge is 0.196 e. The molecular formula is C75H50Ir2N8-2. The van der Waals surface area contributed by atoms with Crippen molar-refractivity contribution in [3.8, 4) is 111 Å². The molecule has 0 aliphatic carbocycles. The Balaban J connectivity index is 0.000000213. The molecule has 8 nitrogen and oxygen atoms in total. The fraction of sp³-hybridized carbons (Fsp3) is 0.173. The Kier molecular flexibility index (Phi) is 22.1. The van der Waals surface area contributed by atoms with Gasteiger partial charge in [-0.05, 0) is 141 Å². The SMILES string of the molecule is [C-]#CC#CC#CC#CC#CC#CC#CC#CC.[C-]#[N+]c1cc2c3ccc[c-]c3c3ncc(-c4c(C(C)C)cccc4C(C)C)n3c2cc1[N+]#[C-].[C-]#[N+]c1cc2c3ccccc3c3ncc(-c4c(C(C)C)cccc4C(C)C)n3c2cc1[N+]#[C-].[Ir].[Ir]. The van der Waals surface area contributed by atoms with Crippen LogP contribution in [0.4, 0.5) is 22.7 Å². The molecule has 4 aromatic heterocycles. The summed E-state index contributed by atoms with van der Waals surface area (Å²) in [6, 6.07) is 37.9. The van der Waals surface area contributed by atoms with Crippen LogP contribution in [0.25, 0.3) is 96.5 Å². The van der Waals surface area contributed by atoms with E-state index < -0.39 is 0 Å². The van der Waals surface area contributed by atoms with Crippen LogP contribution in [-0.2, 0) is 40.2 Å². The van der Waals surface area contributed by atoms with Gasteiger partial charge < -0.3 is 10.8 Å². The minimum Gasteiger partial charge on any atom is -0.358 e. The zero-order chi connectivity index (χ0) is 59.2. The average Bonchev–Trinajstić information content (AvgIpc) is 2.13. The minimum atomic E-state index is 0. The molecule has 0 fully saturated rings. The number of pyridine rings is 2. The van der Waals surface area contributed by atoms with Gasteiger partial charge in [0.05, 0.1) is 49.5 Å². The topological polar surface area (TPSA) is 52.0 Å². The summed E-state index contributed by atoms with van der Waals surface area (Å²) in [4.78, 5) is 24.3. The largest absolute Gasteiger partial charge is 0.358 e. The van der Waals surface area contributed by atoms with Gasteiger partial charge in [-0.3, -0.25) is 34.7 Å². The number of fused-ring (bicyclic) bond motifs is 12. The summed E-state index contributed by atoms with van der Waals surface area (Å²) in [6.07, 6.45) is 10.4. The summed E-state index contributed by atoms with van der Waals surface area (Å²) in [5.74, 6) is 37.7. The van der Waals surface area contributed by atoms with Crippen molar-refractivity contribution < 1.29 is 40.2 Å². The van der Waals surface area contributed by atoms with Crippen LogP contribution in [0.1, 0.15) is 108 Å². The first kappa shape index (κ1) is 63.7. The van der Waals surface area contributed by atoms with E-state index in [0.717, 1.165) is 66.0 Å². The van der Waals surface area contributed by atoms with Crippen molar-refractivity contribution in [3.05, 3.63) is 196 Å². The molecule has 0 aliphatic heterocycles. The average molecular weight is 1450 g/mol. The van der Waals surface area contributed by atoms with E-state index in [0.29, 0.717) is 46.4 Å². The molecule has 0 amide bonds. The third-order valence-electron chi connectivity index (χ3n) is 13.7. The molecule has 410 valence electrons. The Morgan fingerprint density at radius 3 is 1.20 bits per heavy atom. The Labute approximate surface area is 525 Å². The minimum absolute atomic E-state index is 0. The van der Waals surface area contributed by atoms with Crippen LogP contribution in [0.15, 0.2) is 116 Å². The standard InChI is InChI=1S/C29H24N4.C29H23N4.C17H3.2Ir/c2*1-17(2)19-12-9-13-20(18(3)4)28(19)27-16-32-29-22-11-8-7-10-21(22)23-14-24(30-5)25(31-6)15-26(23)33(27)29;1-3-5-7-9-11-13-15-17-16-14-12-10-8-6-4-2;;/h7-18H,1-4H3;7-10,12-18H,1-4H3;1H3;;/q;2*-1;;. The van der Waals surface area contributed by atoms with E-state index in [-0.39, 0.29) is 40.2 Å². The van der Waals surface area contributed by atoms with Gasteiger partial charge in [0.1, 0.15) is 5.65 Å². The third-order valence-corrected chi connectivity index (χ3v) is 13.7. The maximum Gasteiger partial charge on any atom is 0.196 e. The van der Waals surface area contributed by atoms with Crippen molar-refractivity contribution in [3.63, 3.8) is 0 Å². The van der Waals surface area contributed by atoms with Gasteiger partial charge in [0.25, 0.3) is 0 Å². The van der Waals surface area contributed by atoms with Crippen LogP contribution < -0.4 is 0 Å². The predicted octanol–water partition coefficient (Wildman–Crippen LogP) is 17.7. The van der Waals surface area contributed by atoms with Gasteiger partial charge in [-0.15, -0.1) is 35.6 Å². The molecule has 0 unspecified atom stereocenters. The van der Waals surface area contributed by atoms with Gasteiger partial charge >= 0.3 is 0 Å². The molecule has 6 aromatic carbocycles. The van der Waals surface area contributed by atoms with Crippen LogP contribution >= 0.6 is 0 Å². The first-order chi connectivity index (χ1) is 40.3. The summed E-state index contributed by atoms with van der Waals surface area (Å²) in [5, 5.41) is 5.87. The molecule has 4 heterocycles. The van der Waals surface area contributed by atoms with E-state index in [9.17, 15) is 0 Å². The van der Waals surface area contributed by atoms with Gasteiger partial charge in [-0.2, -0.15) is 0 Å². The fourth-order valence-corrected chi connectivity index (χ4v) is 10.1. The van der Waals surface area contributed by atoms with E-state index in [1.807, 2.05) is 72.9 Å². The molecule has 10 aromatic rings. The molecule has 85 heavy (non-hydrogen) atoms. The van der Waals surface area contributed by atoms with Crippen LogP contribution in [-0.4, -0.2) is 18.8 Å². The number of aromatic nitrogens is 4. The zero-order valence-electron chi connectivity index (χ0n) is 48.0. The number of rotatable bonds is 6. The normalized spacial score (nSPS) is 9.69. The second-order valence-corrected chi connectivity index (χ2v) is 20.0. The Morgan fingerprint density at radius 1 is 0.424 bits per heavy atom. The Bertz CT molecular complexity index is 4700. The molecule has 0 spiro atoms. The number of hydrogen-bond acceptors (Lipinski definition) is 2. The summed E-state index contributed by atoms with van der Waals surface area (Å²) in [6.45, 7) is 49.9. The van der Waals surface area contributed by atoms with E-state index in [4.69, 9.17) is 42.7 Å². The maximum atomic E-state index is 7.65. The van der Waals surface area contributed by atoms with Gasteiger partial charge in [0.2, 0.25) is 0 Å². The maximum absolute atomic E-state index is 7.65. The van der Waals surface area contributed by atoms with Crippen LogP contribution in [0, 0.1) is 128 Å². The number of nitrogens with zero attached hydrogens (tertiary/aromatic N) is 8. The summed E-state index contributed by atoms with van der Waals surface area (Å²) >= 11 is 0. The molecule has 2 radical (unpaired) electrons. The molecule has 0 atom stereocenters. The second-order valence-electron chi connectivity index (χ2n) is 20.0. The molecule has 0 aliphatic rings. The molecule has 10 heteroatoms. The predicted molar refractivity (Wildman–Crippen MR) is 339 cm³/mol. The number of benzene rings is 6. The van der Waals surface area contributed by atoms with Crippen LogP contribution in [0.5, 0.6) is 0 Å². The summed E-state index contributed by atoms with van der Waals surface area (Å²) in [5.41, 5.74) is 14.5. The van der Waals surface area contributed by atoms with Gasteiger partial charge in [0, 0.05) is 74.0 Å². The van der Waals surface area contributed by atoms with Crippen molar-refractivity contribution in [1.82, 2.24) is 18.8 Å². The molecule has 0 saturated carbocycles. The van der Waals surface area contributed by atoms with Crippen LogP contribution in [0.3, 0.4) is 0 Å². The fourth-order valence-electron chi connectivity index (χ4n) is 10.1. The molecule has 0 N–H and O–H groups in total. The third kappa shape index (κ3) is 13.4. The van der Waals surface area contributed by atoms with Crippen molar-refractivity contribution >= 4 is 77.4 Å². The van der Waals surface area contributed by atoms with E-state index in [1.165, 1.54) is 33.4 Å². The molecule has 0 saturated heterocycles. The first-order valence-corrected chi connectivity index (χ1v) is 26.6. The van der Waals surface area contributed by atoms with Crippen molar-refractivity contribution in [1.29, 1.82) is 0 Å². The van der Waals surface area contributed by atoms with Crippen molar-refractivity contribution in [2.24, 2.45) is 0 Å². The monoisotopic (exact) mass is 1450 g/mol. The zero-order valence-corrected chi connectivity index (χ0v) is 52.8. The van der Waals surface area contributed by atoms with Gasteiger partial charge in [-0.25, -0.2) is 10.9 Å². The number of imidazole rings is 2. The Hall–Kier alpha value is -10.5. The molecular weight excluding hydrogens is 1400 g/mol. The summed E-state index contributed by atoms with van der Waals surface area (Å²) < 4.78 is 4.34.